The molecule has 0 bridgehead atoms. The number of ketones is 1. The molecule has 3 aromatic rings. The molecule has 0 atom stereocenters. The zero-order valence-electron chi connectivity index (χ0n) is 12.7. The second kappa shape index (κ2) is 6.87. The number of aromatic nitrogens is 2. The monoisotopic (exact) mass is 308 g/mol. The smallest absolute Gasteiger partial charge is 0.226 e. The van der Waals surface area contributed by atoms with E-state index in [1.165, 1.54) is 0 Å². The molecule has 0 fully saturated rings. The van der Waals surface area contributed by atoms with Gasteiger partial charge in [0, 0.05) is 17.5 Å². The fourth-order valence-electron chi connectivity index (χ4n) is 2.10. The van der Waals surface area contributed by atoms with E-state index in [-0.39, 0.29) is 12.4 Å². The Bertz CT molecular complexity index is 780. The molecule has 1 aromatic heterocycles. The van der Waals surface area contributed by atoms with Crippen LogP contribution in [-0.4, -0.2) is 15.9 Å². The van der Waals surface area contributed by atoms with Gasteiger partial charge in [-0.15, -0.1) is 0 Å². The van der Waals surface area contributed by atoms with Crippen LogP contribution >= 0.6 is 0 Å². The molecule has 0 amide bonds. The topological polar surface area (TPSA) is 65.2 Å². The number of benzene rings is 2. The first-order chi connectivity index (χ1) is 11.3. The Hall–Kier alpha value is -2.95. The van der Waals surface area contributed by atoms with Crippen LogP contribution in [0, 0.1) is 0 Å². The lowest BCUT2D eigenvalue weighted by atomic mass is 10.0. The van der Waals surface area contributed by atoms with Crippen LogP contribution in [0.4, 0.5) is 0 Å². The molecule has 5 nitrogen and oxygen atoms in total. The van der Waals surface area contributed by atoms with Crippen LogP contribution in [0.15, 0.2) is 59.1 Å². The highest BCUT2D eigenvalue weighted by Gasteiger charge is 2.09. The number of aryl methyl sites for hydroxylation is 1. The minimum atomic E-state index is -0.0112. The Morgan fingerprint density at radius 2 is 1.74 bits per heavy atom. The van der Waals surface area contributed by atoms with E-state index in [9.17, 15) is 4.79 Å². The number of hydrogen-bond acceptors (Lipinski definition) is 5. The highest BCUT2D eigenvalue weighted by molar-refractivity contribution is 6.08. The van der Waals surface area contributed by atoms with E-state index in [0.29, 0.717) is 35.0 Å². The Morgan fingerprint density at radius 1 is 1.04 bits per heavy atom. The summed E-state index contributed by atoms with van der Waals surface area (Å²) >= 11 is 0. The van der Waals surface area contributed by atoms with Gasteiger partial charge in [0.15, 0.2) is 12.4 Å². The second-order valence-corrected chi connectivity index (χ2v) is 4.97. The van der Waals surface area contributed by atoms with Crippen molar-refractivity contribution in [3.05, 3.63) is 77.4 Å². The van der Waals surface area contributed by atoms with Crippen molar-refractivity contribution in [3.8, 4) is 5.75 Å². The molecule has 3 rings (SSSR count). The van der Waals surface area contributed by atoms with Crippen molar-refractivity contribution in [2.75, 3.05) is 0 Å². The lowest BCUT2D eigenvalue weighted by Crippen LogP contribution is -2.01. The van der Waals surface area contributed by atoms with Gasteiger partial charge < -0.3 is 9.26 Å². The van der Waals surface area contributed by atoms with E-state index in [2.05, 4.69) is 10.1 Å². The summed E-state index contributed by atoms with van der Waals surface area (Å²) < 4.78 is 10.6. The van der Waals surface area contributed by atoms with Gasteiger partial charge in [-0.2, -0.15) is 4.98 Å². The van der Waals surface area contributed by atoms with Crippen molar-refractivity contribution < 1.29 is 14.1 Å². The molecule has 0 aliphatic heterocycles. The molecule has 5 heteroatoms. The minimum Gasteiger partial charge on any atom is -0.485 e. The predicted molar refractivity (Wildman–Crippen MR) is 84.3 cm³/mol. The van der Waals surface area contributed by atoms with E-state index < -0.39 is 0 Å². The van der Waals surface area contributed by atoms with Gasteiger partial charge in [-0.25, -0.2) is 0 Å². The molecule has 0 saturated carbocycles. The Morgan fingerprint density at radius 3 is 2.39 bits per heavy atom. The molecule has 0 aliphatic rings. The standard InChI is InChI=1S/C18H16N2O3/c1-2-17-19-16(20-23-17)12-22-15-10-8-14(9-11-15)18(21)13-6-4-3-5-7-13/h3-11H,2,12H2,1H3. The van der Waals surface area contributed by atoms with Gasteiger partial charge in [0.25, 0.3) is 0 Å². The first-order valence-corrected chi connectivity index (χ1v) is 7.40. The summed E-state index contributed by atoms with van der Waals surface area (Å²) in [5, 5.41) is 3.82. The Kier molecular flexibility index (Phi) is 4.47. The summed E-state index contributed by atoms with van der Waals surface area (Å²) in [5.74, 6) is 1.74. The van der Waals surface area contributed by atoms with E-state index in [4.69, 9.17) is 9.26 Å². The summed E-state index contributed by atoms with van der Waals surface area (Å²) in [4.78, 5) is 16.5. The lowest BCUT2D eigenvalue weighted by Gasteiger charge is -2.05. The largest absolute Gasteiger partial charge is 0.485 e. The molecule has 23 heavy (non-hydrogen) atoms. The molecular formula is C18H16N2O3. The van der Waals surface area contributed by atoms with Crippen molar-refractivity contribution in [1.82, 2.24) is 10.1 Å². The molecule has 0 aliphatic carbocycles. The van der Waals surface area contributed by atoms with Crippen LogP contribution in [-0.2, 0) is 13.0 Å². The Labute approximate surface area is 133 Å². The van der Waals surface area contributed by atoms with Gasteiger partial charge in [-0.1, -0.05) is 42.4 Å². The van der Waals surface area contributed by atoms with Crippen LogP contribution in [0.2, 0.25) is 0 Å². The molecule has 0 saturated heterocycles. The number of nitrogens with zero attached hydrogens (tertiary/aromatic N) is 2. The average Bonchev–Trinajstić information content (AvgIpc) is 3.09. The summed E-state index contributed by atoms with van der Waals surface area (Å²) in [6, 6.07) is 16.2. The van der Waals surface area contributed by atoms with Crippen molar-refractivity contribution in [3.63, 3.8) is 0 Å². The third kappa shape index (κ3) is 3.63. The maximum Gasteiger partial charge on any atom is 0.226 e. The molecule has 2 aromatic carbocycles. The van der Waals surface area contributed by atoms with Gasteiger partial charge in [0.2, 0.25) is 11.7 Å². The molecule has 116 valence electrons. The number of rotatable bonds is 6. The zero-order valence-corrected chi connectivity index (χ0v) is 12.7. The highest BCUT2D eigenvalue weighted by atomic mass is 16.5. The third-order valence-corrected chi connectivity index (χ3v) is 3.33. The predicted octanol–water partition coefficient (Wildman–Crippen LogP) is 3.44. The van der Waals surface area contributed by atoms with Crippen LogP contribution in [0.5, 0.6) is 5.75 Å². The third-order valence-electron chi connectivity index (χ3n) is 3.33. The minimum absolute atomic E-state index is 0.0112. The van der Waals surface area contributed by atoms with Crippen molar-refractivity contribution in [2.45, 2.75) is 20.0 Å². The fourth-order valence-corrected chi connectivity index (χ4v) is 2.10. The lowest BCUT2D eigenvalue weighted by molar-refractivity contribution is 0.103. The van der Waals surface area contributed by atoms with E-state index in [0.717, 1.165) is 0 Å². The zero-order chi connectivity index (χ0) is 16.1. The maximum atomic E-state index is 12.3. The van der Waals surface area contributed by atoms with Crippen molar-refractivity contribution in [2.24, 2.45) is 0 Å². The molecule has 0 unspecified atom stereocenters. The fraction of sp³-hybridized carbons (Fsp3) is 0.167. The van der Waals surface area contributed by atoms with Gasteiger partial charge >= 0.3 is 0 Å². The van der Waals surface area contributed by atoms with Crippen LogP contribution in [0.25, 0.3) is 0 Å². The molecule has 0 N–H and O–H groups in total. The number of ether oxygens (including phenoxy) is 1. The van der Waals surface area contributed by atoms with Gasteiger partial charge in [-0.05, 0) is 24.3 Å². The number of carbonyl (C=O) groups excluding carboxylic acids is 1. The van der Waals surface area contributed by atoms with E-state index >= 15 is 0 Å². The van der Waals surface area contributed by atoms with Gasteiger partial charge in [0.05, 0.1) is 0 Å². The summed E-state index contributed by atoms with van der Waals surface area (Å²) in [6.45, 7) is 2.18. The second-order valence-electron chi connectivity index (χ2n) is 4.97. The molecule has 1 heterocycles. The molecule has 0 spiro atoms. The number of hydrogen-bond donors (Lipinski definition) is 0. The number of carbonyl (C=O) groups is 1. The Balaban J connectivity index is 1.64. The van der Waals surface area contributed by atoms with E-state index in [1.54, 1.807) is 36.4 Å². The van der Waals surface area contributed by atoms with Gasteiger partial charge in [0.1, 0.15) is 5.75 Å². The quantitative estimate of drug-likeness (QED) is 0.653. The summed E-state index contributed by atoms with van der Waals surface area (Å²) in [6.07, 6.45) is 0.698. The summed E-state index contributed by atoms with van der Waals surface area (Å²) in [5.41, 5.74) is 1.29. The normalized spacial score (nSPS) is 10.5. The van der Waals surface area contributed by atoms with E-state index in [1.807, 2.05) is 25.1 Å². The highest BCUT2D eigenvalue weighted by Crippen LogP contribution is 2.16. The SMILES string of the molecule is CCc1nc(COc2ccc(C(=O)c3ccccc3)cc2)no1. The van der Waals surface area contributed by atoms with Crippen LogP contribution in [0.1, 0.15) is 34.6 Å². The van der Waals surface area contributed by atoms with Crippen LogP contribution < -0.4 is 4.74 Å². The molecular weight excluding hydrogens is 292 g/mol. The van der Waals surface area contributed by atoms with Crippen molar-refractivity contribution in [1.29, 1.82) is 0 Å². The van der Waals surface area contributed by atoms with Crippen molar-refractivity contribution >= 4 is 5.78 Å². The first kappa shape index (κ1) is 15.0. The average molecular weight is 308 g/mol. The van der Waals surface area contributed by atoms with Crippen LogP contribution in [0.3, 0.4) is 0 Å². The van der Waals surface area contributed by atoms with Gasteiger partial charge in [-0.3, -0.25) is 4.79 Å². The first-order valence-electron chi connectivity index (χ1n) is 7.40. The maximum absolute atomic E-state index is 12.3. The summed E-state index contributed by atoms with van der Waals surface area (Å²) in [7, 11) is 0. The molecule has 0 radical (unpaired) electrons.